The number of hydrogen-bond donors (Lipinski definition) is 0. The van der Waals surface area contributed by atoms with Crippen molar-refractivity contribution in [3.8, 4) is 0 Å². The van der Waals surface area contributed by atoms with Gasteiger partial charge in [-0.05, 0) is 12.1 Å². The van der Waals surface area contributed by atoms with Crippen LogP contribution in [0.15, 0.2) is 33.5 Å². The van der Waals surface area contributed by atoms with Crippen molar-refractivity contribution in [1.82, 2.24) is 4.57 Å². The first-order valence-electron chi connectivity index (χ1n) is 3.20. The number of rotatable bonds is 0. The summed E-state index contributed by atoms with van der Waals surface area (Å²) in [5.41, 5.74) is 1.30. The molecule has 0 saturated carbocycles. The molecule has 55 valence electrons. The molecule has 0 aliphatic rings. The third-order valence-corrected chi connectivity index (χ3v) is 1.57. The van der Waals surface area contributed by atoms with Crippen molar-refractivity contribution in [2.24, 2.45) is 0 Å². The van der Waals surface area contributed by atoms with Crippen LogP contribution in [0.4, 0.5) is 0 Å². The fourth-order valence-corrected chi connectivity index (χ4v) is 1.01. The lowest BCUT2D eigenvalue weighted by atomic mass is 10.3. The monoisotopic (exact) mass is 148 g/mol. The van der Waals surface area contributed by atoms with Crippen molar-refractivity contribution in [2.45, 2.75) is 0 Å². The van der Waals surface area contributed by atoms with Gasteiger partial charge in [-0.3, -0.25) is 4.57 Å². The van der Waals surface area contributed by atoms with E-state index in [1.54, 1.807) is 12.1 Å². The molecule has 2 aromatic rings. The maximum atomic E-state index is 10.9. The van der Waals surface area contributed by atoms with Crippen molar-refractivity contribution < 1.29 is 4.42 Å². The Morgan fingerprint density at radius 3 is 2.82 bits per heavy atom. The number of para-hydroxylation sites is 2. The normalized spacial score (nSPS) is 10.6. The van der Waals surface area contributed by atoms with Crippen molar-refractivity contribution in [3.63, 3.8) is 0 Å². The van der Waals surface area contributed by atoms with Gasteiger partial charge >= 0.3 is 5.76 Å². The highest BCUT2D eigenvalue weighted by atomic mass is 16.4. The van der Waals surface area contributed by atoms with E-state index in [1.165, 1.54) is 4.57 Å². The van der Waals surface area contributed by atoms with Crippen molar-refractivity contribution in [2.75, 3.05) is 0 Å². The van der Waals surface area contributed by atoms with Crippen LogP contribution in [0.2, 0.25) is 0 Å². The van der Waals surface area contributed by atoms with Gasteiger partial charge in [-0.15, -0.1) is 0 Å². The Labute approximate surface area is 62.9 Å². The Kier molecular flexibility index (Phi) is 1.12. The first kappa shape index (κ1) is 6.22. The molecule has 1 aromatic carbocycles. The van der Waals surface area contributed by atoms with Crippen LogP contribution >= 0.6 is 0 Å². The van der Waals surface area contributed by atoms with E-state index in [1.807, 2.05) is 12.1 Å². The van der Waals surface area contributed by atoms with Gasteiger partial charge in [0.2, 0.25) is 0 Å². The van der Waals surface area contributed by atoms with E-state index in [2.05, 4.69) is 7.05 Å². The highest BCUT2D eigenvalue weighted by Gasteiger charge is 2.02. The average molecular weight is 148 g/mol. The van der Waals surface area contributed by atoms with Crippen LogP contribution in [0.3, 0.4) is 0 Å². The number of hydrogen-bond acceptors (Lipinski definition) is 2. The van der Waals surface area contributed by atoms with Crippen LogP contribution in [0.25, 0.3) is 11.1 Å². The molecule has 0 saturated heterocycles. The van der Waals surface area contributed by atoms with Crippen LogP contribution < -0.4 is 5.76 Å². The van der Waals surface area contributed by atoms with Crippen LogP contribution in [-0.2, 0) is 0 Å². The van der Waals surface area contributed by atoms with Gasteiger partial charge in [0.15, 0.2) is 5.58 Å². The van der Waals surface area contributed by atoms with Gasteiger partial charge in [0.05, 0.1) is 5.52 Å². The molecule has 1 heterocycles. The Morgan fingerprint density at radius 1 is 1.36 bits per heavy atom. The van der Waals surface area contributed by atoms with Crippen LogP contribution in [-0.4, -0.2) is 4.57 Å². The first-order valence-corrected chi connectivity index (χ1v) is 3.20. The van der Waals surface area contributed by atoms with E-state index in [9.17, 15) is 4.79 Å². The summed E-state index contributed by atoms with van der Waals surface area (Å²) in [4.78, 5) is 10.9. The molecule has 3 heteroatoms. The topological polar surface area (TPSA) is 35.1 Å². The second-order valence-corrected chi connectivity index (χ2v) is 2.26. The predicted molar refractivity (Wildman–Crippen MR) is 41.2 cm³/mol. The summed E-state index contributed by atoms with van der Waals surface area (Å²) in [5.74, 6) is -0.425. The van der Waals surface area contributed by atoms with E-state index < -0.39 is 5.76 Å². The molecule has 0 amide bonds. The van der Waals surface area contributed by atoms with Crippen LogP contribution in [0, 0.1) is 7.05 Å². The number of nitrogens with zero attached hydrogens (tertiary/aromatic N) is 1. The maximum Gasteiger partial charge on any atom is 0.420 e. The first-order chi connectivity index (χ1) is 5.29. The lowest BCUT2D eigenvalue weighted by molar-refractivity contribution is 0.539. The largest absolute Gasteiger partial charge is 0.420 e. The summed E-state index contributed by atoms with van der Waals surface area (Å²) in [7, 11) is 3.52. The molecule has 0 unspecified atom stereocenters. The number of fused-ring (bicyclic) bond motifs is 1. The zero-order chi connectivity index (χ0) is 7.84. The third kappa shape index (κ3) is 0.774. The van der Waals surface area contributed by atoms with E-state index in [4.69, 9.17) is 4.42 Å². The molecule has 1 aromatic heterocycles. The Balaban J connectivity index is 3.04. The zero-order valence-corrected chi connectivity index (χ0v) is 5.78. The minimum Gasteiger partial charge on any atom is -0.408 e. The standard InChI is InChI=1S/C8H6NO2/c1-9-6-4-2-3-5-7(6)11-8(9)10/h2-5H,1H2. The number of benzene rings is 1. The molecule has 0 bridgehead atoms. The molecular formula is C8H6NO2. The summed E-state index contributed by atoms with van der Waals surface area (Å²) >= 11 is 0. The smallest absolute Gasteiger partial charge is 0.408 e. The number of aromatic nitrogens is 1. The van der Waals surface area contributed by atoms with Crippen molar-refractivity contribution >= 4 is 11.1 Å². The minimum absolute atomic E-state index is 0.425. The van der Waals surface area contributed by atoms with Gasteiger partial charge in [0.1, 0.15) is 0 Å². The second-order valence-electron chi connectivity index (χ2n) is 2.26. The molecule has 0 aliphatic heterocycles. The van der Waals surface area contributed by atoms with Gasteiger partial charge in [-0.2, -0.15) is 0 Å². The lowest BCUT2D eigenvalue weighted by Gasteiger charge is -1.86. The predicted octanol–water partition coefficient (Wildman–Crippen LogP) is 1.23. The summed E-state index contributed by atoms with van der Waals surface area (Å²) in [5, 5.41) is 0. The van der Waals surface area contributed by atoms with E-state index in [-0.39, 0.29) is 0 Å². The lowest BCUT2D eigenvalue weighted by Crippen LogP contribution is -2.06. The summed E-state index contributed by atoms with van der Waals surface area (Å²) in [6, 6.07) is 7.16. The van der Waals surface area contributed by atoms with Gasteiger partial charge in [0.25, 0.3) is 0 Å². The SMILES string of the molecule is [CH2]n1c(=O)oc2ccccc21. The molecular weight excluding hydrogens is 142 g/mol. The Hall–Kier alpha value is -1.51. The van der Waals surface area contributed by atoms with E-state index in [0.717, 1.165) is 5.52 Å². The van der Waals surface area contributed by atoms with Crippen molar-refractivity contribution in [3.05, 3.63) is 41.9 Å². The molecule has 1 radical (unpaired) electrons. The van der Waals surface area contributed by atoms with E-state index >= 15 is 0 Å². The van der Waals surface area contributed by atoms with E-state index in [0.29, 0.717) is 5.58 Å². The van der Waals surface area contributed by atoms with Gasteiger partial charge in [-0.1, -0.05) is 12.1 Å². The summed E-state index contributed by atoms with van der Waals surface area (Å²) in [6.45, 7) is 0. The Bertz CT molecular complexity index is 439. The molecule has 11 heavy (non-hydrogen) atoms. The quantitative estimate of drug-likeness (QED) is 0.563. The minimum atomic E-state index is -0.425. The maximum absolute atomic E-state index is 10.9. The van der Waals surface area contributed by atoms with Crippen molar-refractivity contribution in [1.29, 1.82) is 0 Å². The third-order valence-electron chi connectivity index (χ3n) is 1.57. The highest BCUT2D eigenvalue weighted by Crippen LogP contribution is 2.09. The van der Waals surface area contributed by atoms with Gasteiger partial charge in [0, 0.05) is 7.05 Å². The fraction of sp³-hybridized carbons (Fsp3) is 0. The molecule has 3 nitrogen and oxygen atoms in total. The molecule has 2 rings (SSSR count). The molecule has 0 atom stereocenters. The van der Waals surface area contributed by atoms with Crippen LogP contribution in [0.5, 0.6) is 0 Å². The molecule has 0 aliphatic carbocycles. The molecule has 0 fully saturated rings. The molecule has 0 spiro atoms. The Morgan fingerprint density at radius 2 is 2.09 bits per heavy atom. The summed E-state index contributed by atoms with van der Waals surface area (Å²) < 4.78 is 6.08. The zero-order valence-electron chi connectivity index (χ0n) is 5.78. The van der Waals surface area contributed by atoms with Crippen LogP contribution in [0.1, 0.15) is 0 Å². The molecule has 0 N–H and O–H groups in total. The highest BCUT2D eigenvalue weighted by molar-refractivity contribution is 5.72. The summed E-state index contributed by atoms with van der Waals surface area (Å²) in [6.07, 6.45) is 0. The average Bonchev–Trinajstić information content (AvgIpc) is 2.30. The van der Waals surface area contributed by atoms with Gasteiger partial charge < -0.3 is 4.42 Å². The fourth-order valence-electron chi connectivity index (χ4n) is 1.01. The second kappa shape index (κ2) is 1.99. The number of oxazole rings is 1. The van der Waals surface area contributed by atoms with Gasteiger partial charge in [-0.25, -0.2) is 4.79 Å².